The van der Waals surface area contributed by atoms with E-state index in [-0.39, 0.29) is 11.9 Å². The first-order valence-electron chi connectivity index (χ1n) is 6.08. The Kier molecular flexibility index (Phi) is 6.82. The molecule has 0 aliphatic rings. The van der Waals surface area contributed by atoms with Crippen molar-refractivity contribution in [3.05, 3.63) is 60.2 Å². The molecule has 2 atom stereocenters. The molecule has 3 nitrogen and oxygen atoms in total. The maximum absolute atomic E-state index is 11.8. The van der Waals surface area contributed by atoms with Crippen molar-refractivity contribution in [2.24, 2.45) is 0 Å². The van der Waals surface area contributed by atoms with E-state index in [9.17, 15) is 9.00 Å². The summed E-state index contributed by atoms with van der Waals surface area (Å²) in [5.41, 5.74) is 0.963. The standard InChI is InChI=1S/C15H19NO2S/c1-3-4-6-11-15(17)16-14(12-19(2)18)13-9-7-5-8-10-13/h3-11,14H,12H2,1-2H3,(H,16,17)/b4-3+,11-6+. The molecule has 0 bridgehead atoms. The minimum atomic E-state index is -0.973. The van der Waals surface area contributed by atoms with Crippen LogP contribution in [0.3, 0.4) is 0 Å². The van der Waals surface area contributed by atoms with E-state index in [1.54, 1.807) is 18.4 Å². The highest BCUT2D eigenvalue weighted by Crippen LogP contribution is 2.13. The topological polar surface area (TPSA) is 46.2 Å². The number of nitrogens with one attached hydrogen (secondary N) is 1. The first-order chi connectivity index (χ1) is 9.13. The van der Waals surface area contributed by atoms with Gasteiger partial charge in [0.25, 0.3) is 0 Å². The summed E-state index contributed by atoms with van der Waals surface area (Å²) in [6.07, 6.45) is 8.42. The Morgan fingerprint density at radius 1 is 1.32 bits per heavy atom. The zero-order valence-corrected chi connectivity index (χ0v) is 12.0. The van der Waals surface area contributed by atoms with E-state index >= 15 is 0 Å². The molecule has 1 amide bonds. The summed E-state index contributed by atoms with van der Waals surface area (Å²) in [6, 6.07) is 9.35. The van der Waals surface area contributed by atoms with Gasteiger partial charge in [-0.2, -0.15) is 0 Å². The summed E-state index contributed by atoms with van der Waals surface area (Å²) in [5.74, 6) is 0.227. The molecule has 4 heteroatoms. The van der Waals surface area contributed by atoms with E-state index in [1.807, 2.05) is 43.3 Å². The van der Waals surface area contributed by atoms with Crippen LogP contribution >= 0.6 is 0 Å². The molecule has 1 N–H and O–H groups in total. The van der Waals surface area contributed by atoms with Crippen molar-refractivity contribution in [2.45, 2.75) is 13.0 Å². The first kappa shape index (κ1) is 15.4. The van der Waals surface area contributed by atoms with Crippen LogP contribution in [0.1, 0.15) is 18.5 Å². The van der Waals surface area contributed by atoms with Crippen molar-refractivity contribution in [1.82, 2.24) is 5.32 Å². The molecule has 0 radical (unpaired) electrons. The Morgan fingerprint density at radius 3 is 2.58 bits per heavy atom. The minimum absolute atomic E-state index is 0.183. The molecule has 2 unspecified atom stereocenters. The third kappa shape index (κ3) is 6.15. The van der Waals surface area contributed by atoms with Gasteiger partial charge in [-0.3, -0.25) is 9.00 Å². The summed E-state index contributed by atoms with van der Waals surface area (Å²) in [5, 5.41) is 2.87. The lowest BCUT2D eigenvalue weighted by atomic mass is 10.1. The van der Waals surface area contributed by atoms with E-state index in [0.717, 1.165) is 5.56 Å². The molecule has 0 saturated heterocycles. The summed E-state index contributed by atoms with van der Waals surface area (Å²) >= 11 is 0. The Labute approximate surface area is 116 Å². The van der Waals surface area contributed by atoms with Crippen molar-refractivity contribution in [1.29, 1.82) is 0 Å². The Bertz CT molecular complexity index is 480. The summed E-state index contributed by atoms with van der Waals surface area (Å²) < 4.78 is 11.4. The highest BCUT2D eigenvalue weighted by molar-refractivity contribution is 7.84. The Hall–Kier alpha value is -1.68. The third-order valence-electron chi connectivity index (χ3n) is 2.47. The van der Waals surface area contributed by atoms with Crippen molar-refractivity contribution in [3.63, 3.8) is 0 Å². The lowest BCUT2D eigenvalue weighted by molar-refractivity contribution is -0.117. The van der Waals surface area contributed by atoms with Crippen LogP contribution in [0.2, 0.25) is 0 Å². The average Bonchev–Trinajstić information content (AvgIpc) is 2.39. The highest BCUT2D eigenvalue weighted by atomic mass is 32.2. The first-order valence-corrected chi connectivity index (χ1v) is 7.81. The van der Waals surface area contributed by atoms with Gasteiger partial charge < -0.3 is 5.32 Å². The zero-order chi connectivity index (χ0) is 14.1. The zero-order valence-electron chi connectivity index (χ0n) is 11.2. The van der Waals surface area contributed by atoms with E-state index in [2.05, 4.69) is 5.32 Å². The SMILES string of the molecule is C/C=C/C=C/C(=O)NC(CS(C)=O)c1ccccc1. The van der Waals surface area contributed by atoms with Crippen LogP contribution in [0, 0.1) is 0 Å². The summed E-state index contributed by atoms with van der Waals surface area (Å²) in [4.78, 5) is 11.8. The van der Waals surface area contributed by atoms with E-state index in [1.165, 1.54) is 6.08 Å². The number of hydrogen-bond donors (Lipinski definition) is 1. The van der Waals surface area contributed by atoms with Gasteiger partial charge in [0.15, 0.2) is 0 Å². The van der Waals surface area contributed by atoms with Crippen LogP contribution < -0.4 is 5.32 Å². The monoisotopic (exact) mass is 277 g/mol. The fourth-order valence-electron chi connectivity index (χ4n) is 1.62. The van der Waals surface area contributed by atoms with E-state index in [4.69, 9.17) is 0 Å². The van der Waals surface area contributed by atoms with Crippen LogP contribution in [-0.2, 0) is 15.6 Å². The van der Waals surface area contributed by atoms with Gasteiger partial charge in [-0.05, 0) is 12.5 Å². The largest absolute Gasteiger partial charge is 0.345 e. The predicted octanol–water partition coefficient (Wildman–Crippen LogP) is 2.35. The van der Waals surface area contributed by atoms with Crippen LogP contribution in [-0.4, -0.2) is 22.1 Å². The number of hydrogen-bond acceptors (Lipinski definition) is 2. The molecule has 0 spiro atoms. The lowest BCUT2D eigenvalue weighted by Gasteiger charge is -2.17. The van der Waals surface area contributed by atoms with Crippen molar-refractivity contribution in [3.8, 4) is 0 Å². The van der Waals surface area contributed by atoms with Crippen molar-refractivity contribution < 1.29 is 9.00 Å². The van der Waals surface area contributed by atoms with Gasteiger partial charge in [-0.1, -0.05) is 48.6 Å². The molecule has 0 fully saturated rings. The second-order valence-electron chi connectivity index (χ2n) is 4.10. The second kappa shape index (κ2) is 8.43. The second-order valence-corrected chi connectivity index (χ2v) is 5.58. The summed E-state index contributed by atoms with van der Waals surface area (Å²) in [7, 11) is -0.973. The summed E-state index contributed by atoms with van der Waals surface area (Å²) in [6.45, 7) is 1.88. The van der Waals surface area contributed by atoms with Crippen molar-refractivity contribution >= 4 is 16.7 Å². The highest BCUT2D eigenvalue weighted by Gasteiger charge is 2.14. The van der Waals surface area contributed by atoms with Gasteiger partial charge in [0.2, 0.25) is 5.91 Å². The third-order valence-corrected chi connectivity index (χ3v) is 3.27. The fourth-order valence-corrected chi connectivity index (χ4v) is 2.36. The predicted molar refractivity (Wildman–Crippen MR) is 80.2 cm³/mol. The van der Waals surface area contributed by atoms with Crippen LogP contribution in [0.4, 0.5) is 0 Å². The van der Waals surface area contributed by atoms with Gasteiger partial charge in [-0.15, -0.1) is 0 Å². The molecule has 0 heterocycles. The van der Waals surface area contributed by atoms with E-state index in [0.29, 0.717) is 5.75 Å². The van der Waals surface area contributed by atoms with Gasteiger partial charge >= 0.3 is 0 Å². The average molecular weight is 277 g/mol. The number of amides is 1. The molecule has 0 aromatic heterocycles. The molecule has 0 aliphatic heterocycles. The van der Waals surface area contributed by atoms with Gasteiger partial charge in [0, 0.05) is 28.9 Å². The number of benzene rings is 1. The molecule has 1 aromatic carbocycles. The molecule has 1 rings (SSSR count). The molecule has 0 saturated carbocycles. The number of rotatable bonds is 6. The molecule has 0 aliphatic carbocycles. The molecule has 102 valence electrons. The quantitative estimate of drug-likeness (QED) is 0.641. The lowest BCUT2D eigenvalue weighted by Crippen LogP contribution is -2.30. The Morgan fingerprint density at radius 2 is 2.00 bits per heavy atom. The molecular weight excluding hydrogens is 258 g/mol. The number of carbonyl (C=O) groups is 1. The minimum Gasteiger partial charge on any atom is -0.345 e. The number of allylic oxidation sites excluding steroid dienone is 3. The van der Waals surface area contributed by atoms with Crippen LogP contribution in [0.25, 0.3) is 0 Å². The normalized spacial score (nSPS) is 14.6. The fraction of sp³-hybridized carbons (Fsp3) is 0.267. The maximum atomic E-state index is 11.8. The molecule has 1 aromatic rings. The van der Waals surface area contributed by atoms with Gasteiger partial charge in [0.05, 0.1) is 6.04 Å². The molecule has 19 heavy (non-hydrogen) atoms. The molecular formula is C15H19NO2S. The van der Waals surface area contributed by atoms with Crippen LogP contribution in [0.15, 0.2) is 54.6 Å². The Balaban J connectivity index is 2.76. The van der Waals surface area contributed by atoms with Gasteiger partial charge in [0.1, 0.15) is 0 Å². The van der Waals surface area contributed by atoms with Gasteiger partial charge in [-0.25, -0.2) is 0 Å². The maximum Gasteiger partial charge on any atom is 0.244 e. The number of carbonyl (C=O) groups excluding carboxylic acids is 1. The van der Waals surface area contributed by atoms with Crippen LogP contribution in [0.5, 0.6) is 0 Å². The van der Waals surface area contributed by atoms with E-state index < -0.39 is 10.8 Å². The smallest absolute Gasteiger partial charge is 0.244 e. The van der Waals surface area contributed by atoms with Crippen molar-refractivity contribution in [2.75, 3.05) is 12.0 Å².